The number of benzene rings is 2. The topological polar surface area (TPSA) is 38.3 Å². The minimum atomic E-state index is -0.425. The predicted octanol–water partition coefficient (Wildman–Crippen LogP) is 4.40. The summed E-state index contributed by atoms with van der Waals surface area (Å²) in [7, 11) is 0. The van der Waals surface area contributed by atoms with E-state index >= 15 is 0 Å². The monoisotopic (exact) mass is 299 g/mol. The molecule has 114 valence electrons. The second-order valence-electron chi connectivity index (χ2n) is 5.52. The Hall–Kier alpha value is -2.36. The second-order valence-corrected chi connectivity index (χ2v) is 5.52. The van der Waals surface area contributed by atoms with Gasteiger partial charge in [-0.25, -0.2) is 4.39 Å². The zero-order valence-electron chi connectivity index (χ0n) is 12.2. The first-order valence-electron chi connectivity index (χ1n) is 7.54. The molecule has 1 saturated carbocycles. The van der Waals surface area contributed by atoms with Gasteiger partial charge in [0.1, 0.15) is 11.6 Å². The van der Waals surface area contributed by atoms with Gasteiger partial charge in [-0.2, -0.15) is 0 Å². The number of hydrogen-bond acceptors (Lipinski definition) is 2. The Balaban J connectivity index is 1.68. The average Bonchev–Trinajstić information content (AvgIpc) is 3.00. The lowest BCUT2D eigenvalue weighted by atomic mass is 10.2. The molecular weight excluding hydrogens is 281 g/mol. The largest absolute Gasteiger partial charge is 0.490 e. The van der Waals surface area contributed by atoms with E-state index in [2.05, 4.69) is 5.32 Å². The van der Waals surface area contributed by atoms with E-state index in [1.165, 1.54) is 31.0 Å². The highest BCUT2D eigenvalue weighted by Gasteiger charge is 2.16. The number of anilines is 1. The molecule has 2 aromatic rings. The standard InChI is InChI=1S/C18H18FNO2/c19-14-6-3-5-13(11-14)18(21)20-15-7-4-10-17(12-15)22-16-8-1-2-9-16/h3-7,10-12,16H,1-2,8-9H2,(H,20,21). The van der Waals surface area contributed by atoms with Gasteiger partial charge in [-0.1, -0.05) is 12.1 Å². The predicted molar refractivity (Wildman–Crippen MR) is 83.7 cm³/mol. The fourth-order valence-electron chi connectivity index (χ4n) is 2.68. The van der Waals surface area contributed by atoms with E-state index in [4.69, 9.17) is 4.74 Å². The number of nitrogens with one attached hydrogen (secondary N) is 1. The number of rotatable bonds is 4. The highest BCUT2D eigenvalue weighted by molar-refractivity contribution is 6.04. The van der Waals surface area contributed by atoms with Gasteiger partial charge < -0.3 is 10.1 Å². The highest BCUT2D eigenvalue weighted by atomic mass is 19.1. The normalized spacial score (nSPS) is 14.8. The van der Waals surface area contributed by atoms with Crippen molar-refractivity contribution in [1.82, 2.24) is 0 Å². The van der Waals surface area contributed by atoms with Crippen LogP contribution in [-0.2, 0) is 0 Å². The first-order valence-corrected chi connectivity index (χ1v) is 7.54. The Labute approximate surface area is 129 Å². The lowest BCUT2D eigenvalue weighted by Gasteiger charge is -2.14. The van der Waals surface area contributed by atoms with Crippen molar-refractivity contribution >= 4 is 11.6 Å². The molecule has 4 heteroatoms. The number of carbonyl (C=O) groups is 1. The van der Waals surface area contributed by atoms with Gasteiger partial charge in [0.25, 0.3) is 5.91 Å². The summed E-state index contributed by atoms with van der Waals surface area (Å²) in [6.07, 6.45) is 4.86. The van der Waals surface area contributed by atoms with Gasteiger partial charge in [0.05, 0.1) is 6.10 Å². The summed E-state index contributed by atoms with van der Waals surface area (Å²) in [6.45, 7) is 0. The smallest absolute Gasteiger partial charge is 0.255 e. The van der Waals surface area contributed by atoms with Crippen LogP contribution in [0, 0.1) is 5.82 Å². The molecule has 0 aromatic heterocycles. The lowest BCUT2D eigenvalue weighted by molar-refractivity contribution is 0.102. The molecule has 2 aromatic carbocycles. The fraction of sp³-hybridized carbons (Fsp3) is 0.278. The maximum atomic E-state index is 13.2. The molecule has 0 heterocycles. The molecule has 1 N–H and O–H groups in total. The van der Waals surface area contributed by atoms with Crippen molar-refractivity contribution in [3.05, 3.63) is 59.9 Å². The second kappa shape index (κ2) is 6.60. The van der Waals surface area contributed by atoms with Crippen molar-refractivity contribution in [2.75, 3.05) is 5.32 Å². The molecule has 0 radical (unpaired) electrons. The minimum absolute atomic E-state index is 0.272. The van der Waals surface area contributed by atoms with Gasteiger partial charge in [-0.3, -0.25) is 4.79 Å². The summed E-state index contributed by atoms with van der Waals surface area (Å²) in [5, 5.41) is 2.77. The first-order chi connectivity index (χ1) is 10.7. The van der Waals surface area contributed by atoms with Crippen LogP contribution in [0.1, 0.15) is 36.0 Å². The van der Waals surface area contributed by atoms with Gasteiger partial charge >= 0.3 is 0 Å². The van der Waals surface area contributed by atoms with Crippen LogP contribution in [0.3, 0.4) is 0 Å². The van der Waals surface area contributed by atoms with E-state index in [9.17, 15) is 9.18 Å². The third-order valence-electron chi connectivity index (χ3n) is 3.78. The van der Waals surface area contributed by atoms with Crippen LogP contribution in [0.4, 0.5) is 10.1 Å². The molecule has 1 aliphatic carbocycles. The summed E-state index contributed by atoms with van der Waals surface area (Å²) in [6, 6.07) is 12.9. The third-order valence-corrected chi connectivity index (χ3v) is 3.78. The molecule has 1 amide bonds. The number of amides is 1. The Bertz CT molecular complexity index is 666. The molecule has 0 spiro atoms. The van der Waals surface area contributed by atoms with E-state index in [1.54, 1.807) is 18.2 Å². The zero-order valence-corrected chi connectivity index (χ0v) is 12.2. The Kier molecular flexibility index (Phi) is 4.37. The summed E-state index contributed by atoms with van der Waals surface area (Å²) in [4.78, 5) is 12.1. The molecule has 0 unspecified atom stereocenters. The number of ether oxygens (including phenoxy) is 1. The molecule has 22 heavy (non-hydrogen) atoms. The molecule has 3 rings (SSSR count). The van der Waals surface area contributed by atoms with E-state index in [-0.39, 0.29) is 12.0 Å². The van der Waals surface area contributed by atoms with Gasteiger partial charge in [0.15, 0.2) is 0 Å². The highest BCUT2D eigenvalue weighted by Crippen LogP contribution is 2.26. The molecule has 1 aliphatic rings. The van der Waals surface area contributed by atoms with Crippen LogP contribution in [0.5, 0.6) is 5.75 Å². The molecule has 0 saturated heterocycles. The van der Waals surface area contributed by atoms with Gasteiger partial charge in [-0.15, -0.1) is 0 Å². The van der Waals surface area contributed by atoms with Crippen molar-refractivity contribution in [2.45, 2.75) is 31.8 Å². The molecule has 1 fully saturated rings. The van der Waals surface area contributed by atoms with Gasteiger partial charge in [-0.05, 0) is 56.0 Å². The lowest BCUT2D eigenvalue weighted by Crippen LogP contribution is -2.13. The van der Waals surface area contributed by atoms with Crippen LogP contribution >= 0.6 is 0 Å². The van der Waals surface area contributed by atoms with E-state index in [1.807, 2.05) is 12.1 Å². The van der Waals surface area contributed by atoms with Crippen molar-refractivity contribution in [3.8, 4) is 5.75 Å². The van der Waals surface area contributed by atoms with Crippen LogP contribution in [-0.4, -0.2) is 12.0 Å². The van der Waals surface area contributed by atoms with Crippen molar-refractivity contribution in [2.24, 2.45) is 0 Å². The third kappa shape index (κ3) is 3.64. The zero-order chi connectivity index (χ0) is 15.4. The van der Waals surface area contributed by atoms with E-state index in [0.717, 1.165) is 18.6 Å². The summed E-state index contributed by atoms with van der Waals surface area (Å²) >= 11 is 0. The summed E-state index contributed by atoms with van der Waals surface area (Å²) in [5.74, 6) is -0.00701. The maximum absolute atomic E-state index is 13.2. The summed E-state index contributed by atoms with van der Waals surface area (Å²) in [5.41, 5.74) is 0.937. The number of halogens is 1. The SMILES string of the molecule is O=C(Nc1cccc(OC2CCCC2)c1)c1cccc(F)c1. The number of carbonyl (C=O) groups excluding carboxylic acids is 1. The Morgan fingerprint density at radius 1 is 1.09 bits per heavy atom. The molecule has 0 bridgehead atoms. The van der Waals surface area contributed by atoms with E-state index in [0.29, 0.717) is 11.3 Å². The van der Waals surface area contributed by atoms with Gasteiger partial charge in [0, 0.05) is 17.3 Å². The molecule has 3 nitrogen and oxygen atoms in total. The van der Waals surface area contributed by atoms with Crippen LogP contribution in [0.15, 0.2) is 48.5 Å². The van der Waals surface area contributed by atoms with Crippen molar-refractivity contribution < 1.29 is 13.9 Å². The Morgan fingerprint density at radius 3 is 2.64 bits per heavy atom. The quantitative estimate of drug-likeness (QED) is 0.908. The van der Waals surface area contributed by atoms with Crippen LogP contribution in [0.25, 0.3) is 0 Å². The average molecular weight is 299 g/mol. The molecule has 0 aliphatic heterocycles. The molecule has 0 atom stereocenters. The summed E-state index contributed by atoms with van der Waals surface area (Å²) < 4.78 is 19.1. The van der Waals surface area contributed by atoms with Crippen LogP contribution < -0.4 is 10.1 Å². The van der Waals surface area contributed by atoms with Gasteiger partial charge in [0.2, 0.25) is 0 Å². The van der Waals surface area contributed by atoms with Crippen molar-refractivity contribution in [3.63, 3.8) is 0 Å². The van der Waals surface area contributed by atoms with Crippen LogP contribution in [0.2, 0.25) is 0 Å². The van der Waals surface area contributed by atoms with Crippen molar-refractivity contribution in [1.29, 1.82) is 0 Å². The molecular formula is C18H18FNO2. The maximum Gasteiger partial charge on any atom is 0.255 e. The fourth-order valence-corrected chi connectivity index (χ4v) is 2.68. The number of hydrogen-bond donors (Lipinski definition) is 1. The van der Waals surface area contributed by atoms with E-state index < -0.39 is 5.82 Å². The minimum Gasteiger partial charge on any atom is -0.490 e. The first kappa shape index (κ1) is 14.6. The Morgan fingerprint density at radius 2 is 1.86 bits per heavy atom.